The number of amides is 1. The second kappa shape index (κ2) is 5.09. The van der Waals surface area contributed by atoms with Crippen LogP contribution in [0.5, 0.6) is 0 Å². The maximum atomic E-state index is 11.8. The van der Waals surface area contributed by atoms with Crippen LogP contribution < -0.4 is 11.1 Å². The predicted molar refractivity (Wildman–Crippen MR) is 60.6 cm³/mol. The van der Waals surface area contributed by atoms with Gasteiger partial charge in [-0.3, -0.25) is 4.79 Å². The number of nitrogens with two attached hydrogens (primary N) is 1. The Morgan fingerprint density at radius 2 is 2.12 bits per heavy atom. The van der Waals surface area contributed by atoms with Crippen molar-refractivity contribution in [3.63, 3.8) is 0 Å². The lowest BCUT2D eigenvalue weighted by molar-refractivity contribution is -0.125. The Hall–Kier alpha value is -1.39. The van der Waals surface area contributed by atoms with Crippen molar-refractivity contribution in [3.05, 3.63) is 35.9 Å². The topological polar surface area (TPSA) is 64.3 Å². The number of carbonyl (C=O) groups excluding carboxylic acids is 1. The Morgan fingerprint density at radius 3 is 2.75 bits per heavy atom. The van der Waals surface area contributed by atoms with Crippen molar-refractivity contribution >= 4 is 5.91 Å². The number of nitrogens with one attached hydrogen (secondary N) is 1. The van der Waals surface area contributed by atoms with Crippen LogP contribution in [0.1, 0.15) is 5.56 Å². The third kappa shape index (κ3) is 2.59. The van der Waals surface area contributed by atoms with Gasteiger partial charge in [-0.25, -0.2) is 0 Å². The first-order valence-corrected chi connectivity index (χ1v) is 5.42. The van der Waals surface area contributed by atoms with Crippen molar-refractivity contribution < 1.29 is 9.53 Å². The highest BCUT2D eigenvalue weighted by Crippen LogP contribution is 2.11. The zero-order valence-corrected chi connectivity index (χ0v) is 9.06. The smallest absolute Gasteiger partial charge is 0.227 e. The number of rotatable bonds is 3. The van der Waals surface area contributed by atoms with Crippen LogP contribution in [0, 0.1) is 5.92 Å². The van der Waals surface area contributed by atoms with Crippen LogP contribution in [0.4, 0.5) is 0 Å². The summed E-state index contributed by atoms with van der Waals surface area (Å²) in [7, 11) is 0. The van der Waals surface area contributed by atoms with E-state index in [0.717, 1.165) is 5.56 Å². The molecular weight excluding hydrogens is 204 g/mol. The Labute approximate surface area is 94.8 Å². The molecule has 1 aliphatic rings. The van der Waals surface area contributed by atoms with Gasteiger partial charge >= 0.3 is 0 Å². The normalized spacial score (nSPS) is 24.3. The Morgan fingerprint density at radius 1 is 1.38 bits per heavy atom. The maximum absolute atomic E-state index is 11.8. The fourth-order valence-electron chi connectivity index (χ4n) is 1.76. The molecule has 4 nitrogen and oxygen atoms in total. The van der Waals surface area contributed by atoms with Crippen molar-refractivity contribution in [2.24, 2.45) is 11.7 Å². The first-order chi connectivity index (χ1) is 7.77. The number of hydrogen-bond donors (Lipinski definition) is 2. The van der Waals surface area contributed by atoms with Gasteiger partial charge in [0.05, 0.1) is 19.1 Å². The summed E-state index contributed by atoms with van der Waals surface area (Å²) in [5.74, 6) is -0.224. The Balaban J connectivity index is 1.84. The minimum Gasteiger partial charge on any atom is -0.379 e. The summed E-state index contributed by atoms with van der Waals surface area (Å²) in [6.07, 6.45) is 0. The summed E-state index contributed by atoms with van der Waals surface area (Å²) < 4.78 is 5.16. The predicted octanol–water partition coefficient (Wildman–Crippen LogP) is 0.277. The third-order valence-corrected chi connectivity index (χ3v) is 2.77. The number of carbonyl (C=O) groups is 1. The summed E-state index contributed by atoms with van der Waals surface area (Å²) in [5.41, 5.74) is 6.85. The highest BCUT2D eigenvalue weighted by molar-refractivity contribution is 5.79. The first kappa shape index (κ1) is 11.1. The standard InChI is InChI=1S/C12H16N2O2/c13-11-8-16-7-10(11)12(15)14-6-9-4-2-1-3-5-9/h1-5,10-11H,6-8,13H2,(H,14,15). The minimum absolute atomic E-state index is 0.0196. The first-order valence-electron chi connectivity index (χ1n) is 5.42. The van der Waals surface area contributed by atoms with Gasteiger partial charge in [-0.2, -0.15) is 0 Å². The van der Waals surface area contributed by atoms with Crippen LogP contribution in [0.25, 0.3) is 0 Å². The van der Waals surface area contributed by atoms with E-state index in [0.29, 0.717) is 19.8 Å². The van der Waals surface area contributed by atoms with E-state index < -0.39 is 0 Å². The summed E-state index contributed by atoms with van der Waals surface area (Å²) in [6.45, 7) is 1.45. The Bertz CT molecular complexity index is 353. The second-order valence-corrected chi connectivity index (χ2v) is 4.01. The summed E-state index contributed by atoms with van der Waals surface area (Å²) in [4.78, 5) is 11.8. The van der Waals surface area contributed by atoms with E-state index in [1.54, 1.807) is 0 Å². The molecule has 1 saturated heterocycles. The average molecular weight is 220 g/mol. The van der Waals surface area contributed by atoms with E-state index in [4.69, 9.17) is 10.5 Å². The lowest BCUT2D eigenvalue weighted by Gasteiger charge is -2.13. The van der Waals surface area contributed by atoms with Gasteiger partial charge in [0, 0.05) is 12.6 Å². The monoisotopic (exact) mass is 220 g/mol. The highest BCUT2D eigenvalue weighted by Gasteiger charge is 2.30. The molecule has 1 amide bonds. The number of hydrogen-bond acceptors (Lipinski definition) is 3. The van der Waals surface area contributed by atoms with Crippen LogP contribution in [-0.4, -0.2) is 25.2 Å². The molecule has 1 aromatic carbocycles. The van der Waals surface area contributed by atoms with E-state index in [2.05, 4.69) is 5.32 Å². The molecule has 86 valence electrons. The van der Waals surface area contributed by atoms with E-state index in [1.807, 2.05) is 30.3 Å². The summed E-state index contributed by atoms with van der Waals surface area (Å²) >= 11 is 0. The molecule has 1 aliphatic heterocycles. The molecule has 1 heterocycles. The van der Waals surface area contributed by atoms with Crippen molar-refractivity contribution in [1.82, 2.24) is 5.32 Å². The molecular formula is C12H16N2O2. The van der Waals surface area contributed by atoms with Gasteiger partial charge in [0.15, 0.2) is 0 Å². The molecule has 1 fully saturated rings. The van der Waals surface area contributed by atoms with Crippen LogP contribution in [0.2, 0.25) is 0 Å². The van der Waals surface area contributed by atoms with Crippen LogP contribution in [0.3, 0.4) is 0 Å². The lowest BCUT2D eigenvalue weighted by atomic mass is 10.0. The fraction of sp³-hybridized carbons (Fsp3) is 0.417. The molecule has 3 N–H and O–H groups in total. The van der Waals surface area contributed by atoms with Crippen molar-refractivity contribution in [2.45, 2.75) is 12.6 Å². The molecule has 4 heteroatoms. The number of benzene rings is 1. The molecule has 0 radical (unpaired) electrons. The highest BCUT2D eigenvalue weighted by atomic mass is 16.5. The number of ether oxygens (including phenoxy) is 1. The SMILES string of the molecule is NC1COCC1C(=O)NCc1ccccc1. The van der Waals surface area contributed by atoms with Gasteiger partial charge in [-0.15, -0.1) is 0 Å². The maximum Gasteiger partial charge on any atom is 0.227 e. The van der Waals surface area contributed by atoms with Gasteiger partial charge in [0.2, 0.25) is 5.91 Å². The van der Waals surface area contributed by atoms with Gasteiger partial charge in [-0.05, 0) is 5.56 Å². The summed E-state index contributed by atoms with van der Waals surface area (Å²) in [6, 6.07) is 9.64. The molecule has 2 rings (SSSR count). The van der Waals surface area contributed by atoms with Crippen molar-refractivity contribution in [3.8, 4) is 0 Å². The zero-order chi connectivity index (χ0) is 11.4. The van der Waals surface area contributed by atoms with Crippen molar-refractivity contribution in [2.75, 3.05) is 13.2 Å². The zero-order valence-electron chi connectivity index (χ0n) is 9.06. The molecule has 0 aliphatic carbocycles. The van der Waals surface area contributed by atoms with Crippen molar-refractivity contribution in [1.29, 1.82) is 0 Å². The third-order valence-electron chi connectivity index (χ3n) is 2.77. The van der Waals surface area contributed by atoms with Crippen LogP contribution in [0.15, 0.2) is 30.3 Å². The van der Waals surface area contributed by atoms with E-state index in [9.17, 15) is 4.79 Å². The van der Waals surface area contributed by atoms with Gasteiger partial charge in [0.25, 0.3) is 0 Å². The molecule has 1 aromatic rings. The molecule has 0 aromatic heterocycles. The molecule has 0 spiro atoms. The lowest BCUT2D eigenvalue weighted by Crippen LogP contribution is -2.40. The van der Waals surface area contributed by atoms with Crippen LogP contribution >= 0.6 is 0 Å². The summed E-state index contributed by atoms with van der Waals surface area (Å²) in [5, 5.41) is 2.87. The molecule has 16 heavy (non-hydrogen) atoms. The average Bonchev–Trinajstić information content (AvgIpc) is 2.74. The second-order valence-electron chi connectivity index (χ2n) is 4.01. The quantitative estimate of drug-likeness (QED) is 0.769. The van der Waals surface area contributed by atoms with E-state index in [-0.39, 0.29) is 17.9 Å². The van der Waals surface area contributed by atoms with Gasteiger partial charge < -0.3 is 15.8 Å². The molecule has 2 atom stereocenters. The van der Waals surface area contributed by atoms with E-state index in [1.165, 1.54) is 0 Å². The van der Waals surface area contributed by atoms with Gasteiger partial charge in [0.1, 0.15) is 0 Å². The molecule has 0 saturated carbocycles. The molecule has 0 bridgehead atoms. The molecule has 2 unspecified atom stereocenters. The Kier molecular flexibility index (Phi) is 3.54. The fourth-order valence-corrected chi connectivity index (χ4v) is 1.76. The van der Waals surface area contributed by atoms with Gasteiger partial charge in [-0.1, -0.05) is 30.3 Å². The largest absolute Gasteiger partial charge is 0.379 e. The van der Waals surface area contributed by atoms with Crippen LogP contribution in [-0.2, 0) is 16.1 Å². The van der Waals surface area contributed by atoms with E-state index >= 15 is 0 Å². The minimum atomic E-state index is -0.205.